The average molecular weight is 321 g/mol. The number of carbonyl (C=O) groups is 1. The molecule has 2 N–H and O–H groups in total. The van der Waals surface area contributed by atoms with Crippen LogP contribution in [-0.4, -0.2) is 39.3 Å². The molecule has 0 radical (unpaired) electrons. The maximum absolute atomic E-state index is 13.1. The lowest BCUT2D eigenvalue weighted by atomic mass is 9.82. The first kappa shape index (κ1) is 16.4. The van der Waals surface area contributed by atoms with Gasteiger partial charge in [0.05, 0.1) is 24.2 Å². The number of carbonyl (C=O) groups excluding carboxylic acids is 1. The van der Waals surface area contributed by atoms with Gasteiger partial charge in [0, 0.05) is 6.54 Å². The van der Waals surface area contributed by atoms with E-state index in [0.717, 1.165) is 24.8 Å². The molecule has 1 saturated heterocycles. The molecule has 0 unspecified atom stereocenters. The van der Waals surface area contributed by atoms with E-state index in [-0.39, 0.29) is 30.7 Å². The number of aliphatic hydroxyl groups excluding tert-OH is 1. The van der Waals surface area contributed by atoms with Crippen LogP contribution in [0, 0.1) is 5.82 Å². The van der Waals surface area contributed by atoms with Crippen molar-refractivity contribution in [2.24, 2.45) is 0 Å². The number of rotatable bonds is 3. The molecule has 23 heavy (non-hydrogen) atoms. The van der Waals surface area contributed by atoms with Gasteiger partial charge in [-0.25, -0.2) is 4.39 Å². The van der Waals surface area contributed by atoms with Gasteiger partial charge in [0.1, 0.15) is 5.82 Å². The Kier molecular flexibility index (Phi) is 4.69. The third kappa shape index (κ3) is 3.72. The van der Waals surface area contributed by atoms with Crippen molar-refractivity contribution in [3.63, 3.8) is 0 Å². The van der Waals surface area contributed by atoms with Gasteiger partial charge in [0.25, 0.3) is 0 Å². The van der Waals surface area contributed by atoms with Gasteiger partial charge in [-0.2, -0.15) is 0 Å². The minimum atomic E-state index is -0.907. The molecule has 0 spiro atoms. The first-order valence-corrected chi connectivity index (χ1v) is 8.42. The molecule has 2 atom stereocenters. The number of aliphatic hydroxyl groups is 2. The topological polar surface area (TPSA) is 60.8 Å². The summed E-state index contributed by atoms with van der Waals surface area (Å²) < 4.78 is 13.1. The highest BCUT2D eigenvalue weighted by Gasteiger charge is 2.39. The van der Waals surface area contributed by atoms with Crippen LogP contribution < -0.4 is 0 Å². The maximum Gasteiger partial charge on any atom is 0.226 e. The predicted octanol–water partition coefficient (Wildman–Crippen LogP) is 2.55. The van der Waals surface area contributed by atoms with Crippen LogP contribution in [0.25, 0.3) is 0 Å². The van der Waals surface area contributed by atoms with Gasteiger partial charge in [0.15, 0.2) is 0 Å². The molecule has 4 nitrogen and oxygen atoms in total. The number of benzene rings is 1. The van der Waals surface area contributed by atoms with Crippen LogP contribution in [0.2, 0.25) is 0 Å². The molecule has 0 bridgehead atoms. The summed E-state index contributed by atoms with van der Waals surface area (Å²) in [7, 11) is 0. The van der Waals surface area contributed by atoms with E-state index in [1.165, 1.54) is 12.1 Å². The maximum atomic E-state index is 13.1. The SMILES string of the molecule is O=C(CC1(O)CCCCC1)N1C[C@H](O)C[C@@H]1c1ccc(F)cc1. The molecule has 2 aliphatic rings. The summed E-state index contributed by atoms with van der Waals surface area (Å²) in [6.45, 7) is 0.275. The zero-order valence-electron chi connectivity index (χ0n) is 13.2. The van der Waals surface area contributed by atoms with Crippen molar-refractivity contribution in [1.29, 1.82) is 0 Å². The van der Waals surface area contributed by atoms with Crippen LogP contribution in [0.1, 0.15) is 56.6 Å². The van der Waals surface area contributed by atoms with E-state index in [1.54, 1.807) is 17.0 Å². The normalized spacial score (nSPS) is 27.2. The molecule has 1 amide bonds. The lowest BCUT2D eigenvalue weighted by Crippen LogP contribution is -2.40. The average Bonchev–Trinajstić information content (AvgIpc) is 2.90. The molecule has 5 heteroatoms. The van der Waals surface area contributed by atoms with Crippen LogP contribution in [0.15, 0.2) is 24.3 Å². The van der Waals surface area contributed by atoms with Gasteiger partial charge < -0.3 is 15.1 Å². The van der Waals surface area contributed by atoms with Crippen molar-refractivity contribution < 1.29 is 19.4 Å². The van der Waals surface area contributed by atoms with Gasteiger partial charge in [-0.15, -0.1) is 0 Å². The van der Waals surface area contributed by atoms with E-state index < -0.39 is 11.7 Å². The minimum Gasteiger partial charge on any atom is -0.391 e. The molecule has 1 aromatic rings. The van der Waals surface area contributed by atoms with Gasteiger partial charge in [-0.3, -0.25) is 4.79 Å². The van der Waals surface area contributed by atoms with E-state index in [9.17, 15) is 19.4 Å². The fraction of sp³-hybridized carbons (Fsp3) is 0.611. The Labute approximate surface area is 135 Å². The number of nitrogens with zero attached hydrogens (tertiary/aromatic N) is 1. The largest absolute Gasteiger partial charge is 0.391 e. The van der Waals surface area contributed by atoms with Crippen LogP contribution >= 0.6 is 0 Å². The number of likely N-dealkylation sites (tertiary alicyclic amines) is 1. The van der Waals surface area contributed by atoms with Crippen LogP contribution in [-0.2, 0) is 4.79 Å². The Morgan fingerprint density at radius 2 is 1.87 bits per heavy atom. The first-order valence-electron chi connectivity index (χ1n) is 8.42. The summed E-state index contributed by atoms with van der Waals surface area (Å²) in [6.07, 6.45) is 4.33. The van der Waals surface area contributed by atoms with Crippen LogP contribution in [0.3, 0.4) is 0 Å². The summed E-state index contributed by atoms with van der Waals surface area (Å²) in [4.78, 5) is 14.3. The minimum absolute atomic E-state index is 0.109. The van der Waals surface area contributed by atoms with Crippen molar-refractivity contribution in [3.8, 4) is 0 Å². The van der Waals surface area contributed by atoms with E-state index in [0.29, 0.717) is 19.3 Å². The van der Waals surface area contributed by atoms with Crippen LogP contribution in [0.4, 0.5) is 4.39 Å². The molecule has 0 aromatic heterocycles. The number of hydrogen-bond acceptors (Lipinski definition) is 3. The van der Waals surface area contributed by atoms with E-state index >= 15 is 0 Å². The quantitative estimate of drug-likeness (QED) is 0.899. The van der Waals surface area contributed by atoms with E-state index in [2.05, 4.69) is 0 Å². The lowest BCUT2D eigenvalue weighted by Gasteiger charge is -2.34. The number of hydrogen-bond donors (Lipinski definition) is 2. The Hall–Kier alpha value is -1.46. The molecule has 3 rings (SSSR count). The highest BCUT2D eigenvalue weighted by atomic mass is 19.1. The second kappa shape index (κ2) is 6.57. The Morgan fingerprint density at radius 3 is 2.52 bits per heavy atom. The number of halogens is 1. The van der Waals surface area contributed by atoms with Crippen molar-refractivity contribution in [3.05, 3.63) is 35.6 Å². The molecule has 1 heterocycles. The van der Waals surface area contributed by atoms with Gasteiger partial charge in [-0.05, 0) is 37.0 Å². The molecular formula is C18H24FNO3. The van der Waals surface area contributed by atoms with Crippen LogP contribution in [0.5, 0.6) is 0 Å². The summed E-state index contributed by atoms with van der Waals surface area (Å²) in [5, 5.41) is 20.6. The molecule has 2 fully saturated rings. The molecule has 1 aliphatic heterocycles. The zero-order valence-corrected chi connectivity index (χ0v) is 13.2. The van der Waals surface area contributed by atoms with Gasteiger partial charge >= 0.3 is 0 Å². The van der Waals surface area contributed by atoms with Gasteiger partial charge in [-0.1, -0.05) is 31.4 Å². The second-order valence-electron chi connectivity index (χ2n) is 6.96. The lowest BCUT2D eigenvalue weighted by molar-refractivity contribution is -0.139. The fourth-order valence-corrected chi connectivity index (χ4v) is 3.86. The predicted molar refractivity (Wildman–Crippen MR) is 84.1 cm³/mol. The first-order chi connectivity index (χ1) is 11.0. The Bertz CT molecular complexity index is 554. The van der Waals surface area contributed by atoms with E-state index in [1.807, 2.05) is 0 Å². The Balaban J connectivity index is 1.73. The highest BCUT2D eigenvalue weighted by molar-refractivity contribution is 5.78. The molecule has 126 valence electrons. The summed E-state index contributed by atoms with van der Waals surface area (Å²) >= 11 is 0. The third-order valence-electron chi connectivity index (χ3n) is 5.12. The van der Waals surface area contributed by atoms with Crippen molar-refractivity contribution in [2.45, 2.75) is 62.7 Å². The molecule has 1 aromatic carbocycles. The second-order valence-corrected chi connectivity index (χ2v) is 6.96. The van der Waals surface area contributed by atoms with Crippen molar-refractivity contribution in [2.75, 3.05) is 6.54 Å². The van der Waals surface area contributed by atoms with E-state index in [4.69, 9.17) is 0 Å². The molecule has 1 saturated carbocycles. The Morgan fingerprint density at radius 1 is 1.22 bits per heavy atom. The summed E-state index contributed by atoms with van der Waals surface area (Å²) in [6, 6.07) is 5.82. The molecular weight excluding hydrogens is 297 g/mol. The fourth-order valence-electron chi connectivity index (χ4n) is 3.86. The third-order valence-corrected chi connectivity index (χ3v) is 5.12. The summed E-state index contributed by atoms with van der Waals surface area (Å²) in [5.74, 6) is -0.443. The monoisotopic (exact) mass is 321 g/mol. The van der Waals surface area contributed by atoms with Crippen molar-refractivity contribution >= 4 is 5.91 Å². The van der Waals surface area contributed by atoms with Gasteiger partial charge in [0.2, 0.25) is 5.91 Å². The zero-order chi connectivity index (χ0) is 16.4. The molecule has 1 aliphatic carbocycles. The summed E-state index contributed by atoms with van der Waals surface area (Å²) in [5.41, 5.74) is -0.0807. The van der Waals surface area contributed by atoms with Crippen molar-refractivity contribution in [1.82, 2.24) is 4.90 Å². The standard InChI is InChI=1S/C18H24FNO3/c19-14-6-4-13(5-7-14)16-10-15(21)12-20(16)17(22)11-18(23)8-2-1-3-9-18/h4-7,15-16,21,23H,1-3,8-12H2/t15-,16-/m1/s1. The highest BCUT2D eigenvalue weighted by Crippen LogP contribution is 2.36. The number of amides is 1. The number of β-amino-alcohol motifs (C(OH)–C–C–N with tert-alkyl or cyclic N) is 1. The smallest absolute Gasteiger partial charge is 0.226 e.